The van der Waals surface area contributed by atoms with Crippen molar-refractivity contribution in [3.63, 3.8) is 0 Å². The maximum Gasteiger partial charge on any atom is 0.130 e. The van der Waals surface area contributed by atoms with E-state index in [0.717, 1.165) is 17.2 Å². The number of nitrogens with zero attached hydrogens (tertiary/aromatic N) is 1. The summed E-state index contributed by atoms with van der Waals surface area (Å²) in [7, 11) is 0. The number of nitrogens with two attached hydrogens (primary N) is 1. The average molecular weight is 325 g/mol. The number of aromatic nitrogens is 1. The number of halogens is 1. The molecule has 0 aliphatic rings. The maximum atomic E-state index is 5.71. The Morgan fingerprint density at radius 3 is 2.75 bits per heavy atom. The fourth-order valence-electron chi connectivity index (χ4n) is 1.36. The van der Waals surface area contributed by atoms with Crippen LogP contribution in [0.15, 0.2) is 36.4 Å². The molecule has 4 heteroatoms. The van der Waals surface area contributed by atoms with Crippen LogP contribution in [-0.2, 0) is 0 Å². The Morgan fingerprint density at radius 2 is 2.06 bits per heavy atom. The van der Waals surface area contributed by atoms with Gasteiger partial charge in [0.2, 0.25) is 0 Å². The highest BCUT2D eigenvalue weighted by molar-refractivity contribution is 14.1. The lowest BCUT2D eigenvalue weighted by molar-refractivity contribution is 1.20. The molecular formula is C12H12IN3. The lowest BCUT2D eigenvalue weighted by Gasteiger charge is -2.07. The highest BCUT2D eigenvalue weighted by Crippen LogP contribution is 2.19. The number of hydrogen-bond donors (Lipinski definition) is 2. The van der Waals surface area contributed by atoms with Gasteiger partial charge in [-0.15, -0.1) is 0 Å². The second-order valence-corrected chi connectivity index (χ2v) is 4.75. The molecule has 0 unspecified atom stereocenters. The van der Waals surface area contributed by atoms with Gasteiger partial charge in [-0.3, -0.25) is 0 Å². The van der Waals surface area contributed by atoms with Crippen molar-refractivity contribution in [2.24, 2.45) is 0 Å². The van der Waals surface area contributed by atoms with Crippen molar-refractivity contribution in [3.05, 3.63) is 45.7 Å². The van der Waals surface area contributed by atoms with Gasteiger partial charge in [0.25, 0.3) is 0 Å². The van der Waals surface area contributed by atoms with Crippen molar-refractivity contribution in [3.8, 4) is 0 Å². The molecular weight excluding hydrogens is 313 g/mol. The van der Waals surface area contributed by atoms with Gasteiger partial charge in [-0.05, 0) is 59.8 Å². The predicted octanol–water partition coefficient (Wildman–Crippen LogP) is 3.32. The molecule has 0 atom stereocenters. The van der Waals surface area contributed by atoms with Gasteiger partial charge in [-0.2, -0.15) is 0 Å². The Balaban J connectivity index is 2.24. The van der Waals surface area contributed by atoms with E-state index in [9.17, 15) is 0 Å². The minimum atomic E-state index is 0.716. The first-order valence-electron chi connectivity index (χ1n) is 4.91. The van der Waals surface area contributed by atoms with E-state index in [1.54, 1.807) is 0 Å². The van der Waals surface area contributed by atoms with E-state index in [4.69, 9.17) is 5.73 Å². The van der Waals surface area contributed by atoms with Crippen molar-refractivity contribution in [2.75, 3.05) is 11.1 Å². The third kappa shape index (κ3) is 2.63. The van der Waals surface area contributed by atoms with E-state index in [2.05, 4.69) is 39.0 Å². The van der Waals surface area contributed by atoms with Crippen LogP contribution in [0, 0.1) is 10.5 Å². The molecule has 1 heterocycles. The van der Waals surface area contributed by atoms with E-state index in [1.807, 2.05) is 37.3 Å². The van der Waals surface area contributed by atoms with E-state index in [1.165, 1.54) is 3.57 Å². The van der Waals surface area contributed by atoms with Gasteiger partial charge in [0.15, 0.2) is 0 Å². The van der Waals surface area contributed by atoms with Gasteiger partial charge in [0.1, 0.15) is 5.82 Å². The monoisotopic (exact) mass is 325 g/mol. The summed E-state index contributed by atoms with van der Waals surface area (Å²) in [6, 6.07) is 11.9. The average Bonchev–Trinajstić information content (AvgIpc) is 2.24. The molecule has 0 saturated heterocycles. The van der Waals surface area contributed by atoms with Crippen LogP contribution in [-0.4, -0.2) is 4.98 Å². The highest BCUT2D eigenvalue weighted by atomic mass is 127. The summed E-state index contributed by atoms with van der Waals surface area (Å²) in [6.07, 6.45) is 0. The summed E-state index contributed by atoms with van der Waals surface area (Å²) in [6.45, 7) is 1.90. The summed E-state index contributed by atoms with van der Waals surface area (Å²) >= 11 is 2.28. The largest absolute Gasteiger partial charge is 0.397 e. The Morgan fingerprint density at radius 1 is 1.25 bits per heavy atom. The predicted molar refractivity (Wildman–Crippen MR) is 75.8 cm³/mol. The van der Waals surface area contributed by atoms with E-state index >= 15 is 0 Å². The fraction of sp³-hybridized carbons (Fsp3) is 0.0833. The van der Waals surface area contributed by atoms with Gasteiger partial charge in [-0.25, -0.2) is 4.98 Å². The van der Waals surface area contributed by atoms with E-state index in [0.29, 0.717) is 5.69 Å². The zero-order valence-corrected chi connectivity index (χ0v) is 11.0. The molecule has 16 heavy (non-hydrogen) atoms. The van der Waals surface area contributed by atoms with Crippen LogP contribution >= 0.6 is 22.6 Å². The second-order valence-electron chi connectivity index (χ2n) is 3.51. The summed E-state index contributed by atoms with van der Waals surface area (Å²) < 4.78 is 1.19. The van der Waals surface area contributed by atoms with Gasteiger partial charge in [0, 0.05) is 9.26 Å². The minimum Gasteiger partial charge on any atom is -0.397 e. The first kappa shape index (κ1) is 11.2. The zero-order chi connectivity index (χ0) is 11.5. The quantitative estimate of drug-likeness (QED) is 0.833. The third-order valence-electron chi connectivity index (χ3n) is 2.22. The van der Waals surface area contributed by atoms with Crippen molar-refractivity contribution in [1.29, 1.82) is 0 Å². The Kier molecular flexibility index (Phi) is 3.28. The molecule has 0 aliphatic carbocycles. The number of benzene rings is 1. The Hall–Kier alpha value is -1.30. The van der Waals surface area contributed by atoms with Crippen LogP contribution in [0.5, 0.6) is 0 Å². The number of anilines is 3. The summed E-state index contributed by atoms with van der Waals surface area (Å²) in [5.41, 5.74) is 8.30. The first-order chi connectivity index (χ1) is 7.65. The molecule has 0 spiro atoms. The smallest absolute Gasteiger partial charge is 0.130 e. The molecule has 1 aromatic carbocycles. The van der Waals surface area contributed by atoms with Crippen LogP contribution in [0.25, 0.3) is 0 Å². The number of aryl methyl sites for hydroxylation is 1. The molecule has 1 aromatic heterocycles. The van der Waals surface area contributed by atoms with Crippen LogP contribution < -0.4 is 11.1 Å². The molecule has 3 nitrogen and oxygen atoms in total. The summed E-state index contributed by atoms with van der Waals surface area (Å²) in [4.78, 5) is 4.36. The molecule has 0 fully saturated rings. The summed E-state index contributed by atoms with van der Waals surface area (Å²) in [5.74, 6) is 0.814. The van der Waals surface area contributed by atoms with E-state index < -0.39 is 0 Å². The number of nitrogen functional groups attached to an aromatic ring is 1. The van der Waals surface area contributed by atoms with Gasteiger partial charge in [-0.1, -0.05) is 6.07 Å². The molecule has 0 amide bonds. The van der Waals surface area contributed by atoms with Crippen molar-refractivity contribution in [2.45, 2.75) is 6.92 Å². The fourth-order valence-corrected chi connectivity index (χ4v) is 1.90. The number of pyridine rings is 1. The molecule has 3 N–H and O–H groups in total. The number of nitrogens with one attached hydrogen (secondary N) is 1. The molecule has 0 aliphatic heterocycles. The Labute approximate surface area is 108 Å². The minimum absolute atomic E-state index is 0.716. The zero-order valence-electron chi connectivity index (χ0n) is 8.87. The van der Waals surface area contributed by atoms with Crippen LogP contribution in [0.3, 0.4) is 0 Å². The molecule has 2 rings (SSSR count). The molecule has 2 aromatic rings. The normalized spacial score (nSPS) is 10.1. The van der Waals surface area contributed by atoms with E-state index in [-0.39, 0.29) is 0 Å². The first-order valence-corrected chi connectivity index (χ1v) is 5.99. The molecule has 82 valence electrons. The van der Waals surface area contributed by atoms with Crippen LogP contribution in [0.1, 0.15) is 5.69 Å². The third-order valence-corrected chi connectivity index (χ3v) is 2.89. The number of rotatable bonds is 2. The van der Waals surface area contributed by atoms with Crippen LogP contribution in [0.2, 0.25) is 0 Å². The van der Waals surface area contributed by atoms with Crippen molar-refractivity contribution < 1.29 is 0 Å². The van der Waals surface area contributed by atoms with Crippen LogP contribution in [0.4, 0.5) is 17.2 Å². The second kappa shape index (κ2) is 4.69. The molecule has 0 saturated carbocycles. The molecule has 0 bridgehead atoms. The molecule has 0 radical (unpaired) electrons. The Bertz CT molecular complexity index is 511. The lowest BCUT2D eigenvalue weighted by atomic mass is 10.3. The topological polar surface area (TPSA) is 50.9 Å². The standard InChI is InChI=1S/C12H12IN3/c1-8-11(14)5-6-12(15-8)16-10-4-2-3-9(13)7-10/h2-7H,14H2,1H3,(H,15,16). The van der Waals surface area contributed by atoms with Gasteiger partial charge in [0.05, 0.1) is 11.4 Å². The lowest BCUT2D eigenvalue weighted by Crippen LogP contribution is -1.98. The summed E-state index contributed by atoms with van der Waals surface area (Å²) in [5, 5.41) is 3.24. The SMILES string of the molecule is Cc1nc(Nc2cccc(I)c2)ccc1N. The highest BCUT2D eigenvalue weighted by Gasteiger charge is 1.99. The van der Waals surface area contributed by atoms with Crippen molar-refractivity contribution >= 4 is 39.8 Å². The van der Waals surface area contributed by atoms with Gasteiger partial charge >= 0.3 is 0 Å². The number of hydrogen-bond acceptors (Lipinski definition) is 3. The maximum absolute atomic E-state index is 5.71. The van der Waals surface area contributed by atoms with Gasteiger partial charge < -0.3 is 11.1 Å². The van der Waals surface area contributed by atoms with Crippen molar-refractivity contribution in [1.82, 2.24) is 4.98 Å².